The van der Waals surface area contributed by atoms with Gasteiger partial charge >= 0.3 is 5.97 Å². The van der Waals surface area contributed by atoms with E-state index in [1.165, 1.54) is 9.80 Å². The first kappa shape index (κ1) is 27.5. The fraction of sp³-hybridized carbons (Fsp3) is 0.296. The molecule has 4 rings (SSSR count). The first-order valence-electron chi connectivity index (χ1n) is 12.2. The Hall–Kier alpha value is -3.54. The third-order valence-electron chi connectivity index (χ3n) is 5.86. The number of carbonyl (C=O) groups excluding carboxylic acids is 4. The lowest BCUT2D eigenvalue weighted by atomic mass is 10.1. The number of fused-ring (bicyclic) bond motifs is 1. The number of hydrogen-bond acceptors (Lipinski definition) is 8. The molecule has 1 saturated heterocycles. The molecule has 0 aromatic heterocycles. The number of anilines is 2. The highest BCUT2D eigenvalue weighted by Crippen LogP contribution is 2.44. The summed E-state index contributed by atoms with van der Waals surface area (Å²) in [5.74, 6) is -1.63. The van der Waals surface area contributed by atoms with E-state index < -0.39 is 17.8 Å². The molecule has 2 aliphatic heterocycles. The van der Waals surface area contributed by atoms with Crippen molar-refractivity contribution in [2.45, 2.75) is 20.3 Å². The highest BCUT2D eigenvalue weighted by molar-refractivity contribution is 8.26. The summed E-state index contributed by atoms with van der Waals surface area (Å²) in [6, 6.07) is 13.3. The molecule has 0 bridgehead atoms. The van der Waals surface area contributed by atoms with E-state index in [0.29, 0.717) is 53.0 Å². The van der Waals surface area contributed by atoms with E-state index in [1.54, 1.807) is 55.5 Å². The molecule has 2 aromatic rings. The molecule has 9 nitrogen and oxygen atoms in total. The number of benzene rings is 2. The van der Waals surface area contributed by atoms with E-state index in [1.807, 2.05) is 6.92 Å². The van der Waals surface area contributed by atoms with Gasteiger partial charge < -0.3 is 14.8 Å². The molecule has 0 aliphatic carbocycles. The topological polar surface area (TPSA) is 105 Å². The van der Waals surface area contributed by atoms with Crippen LogP contribution in [0.3, 0.4) is 0 Å². The SMILES string of the molecule is CCOCCCN1C(=O)C(=C2C(=O)N(CC(=O)Nc3ccc(C(=O)OCC)cc3)c3ccccc32)SC1=S. The second-order valence-corrected chi connectivity index (χ2v) is 9.98. The number of rotatable bonds is 10. The van der Waals surface area contributed by atoms with Crippen LogP contribution in [-0.2, 0) is 23.9 Å². The van der Waals surface area contributed by atoms with Crippen LogP contribution in [0.5, 0.6) is 0 Å². The number of amides is 3. The third-order valence-corrected chi connectivity index (χ3v) is 7.30. The summed E-state index contributed by atoms with van der Waals surface area (Å²) in [6.45, 7) is 5.14. The zero-order valence-corrected chi connectivity index (χ0v) is 22.7. The number of ether oxygens (including phenoxy) is 2. The molecular formula is C27H27N3O6S2. The minimum Gasteiger partial charge on any atom is -0.462 e. The standard InChI is InChI=1S/C27H27N3O6S2/c1-3-35-15-7-14-29-25(33)23(38-27(29)37)22-19-8-5-6-9-20(19)30(24(22)32)16-21(31)28-18-12-10-17(11-13-18)26(34)36-4-2/h5-6,8-13H,3-4,7,14-16H2,1-2H3,(H,28,31). The van der Waals surface area contributed by atoms with Crippen LogP contribution >= 0.6 is 24.0 Å². The summed E-state index contributed by atoms with van der Waals surface area (Å²) in [6.07, 6.45) is 0.625. The number of esters is 1. The maximum atomic E-state index is 13.6. The minimum absolute atomic E-state index is 0.247. The van der Waals surface area contributed by atoms with E-state index in [4.69, 9.17) is 21.7 Å². The van der Waals surface area contributed by atoms with Gasteiger partial charge in [0.25, 0.3) is 11.8 Å². The summed E-state index contributed by atoms with van der Waals surface area (Å²) in [4.78, 5) is 54.7. The van der Waals surface area contributed by atoms with Crippen molar-refractivity contribution in [3.63, 3.8) is 0 Å². The lowest BCUT2D eigenvalue weighted by molar-refractivity contribution is -0.122. The zero-order chi connectivity index (χ0) is 27.2. The van der Waals surface area contributed by atoms with Gasteiger partial charge in [-0.15, -0.1) is 0 Å². The van der Waals surface area contributed by atoms with Crippen molar-refractivity contribution in [2.75, 3.05) is 43.1 Å². The monoisotopic (exact) mass is 553 g/mol. The first-order chi connectivity index (χ1) is 18.3. The molecule has 2 aromatic carbocycles. The molecule has 1 fully saturated rings. The zero-order valence-electron chi connectivity index (χ0n) is 21.0. The van der Waals surface area contributed by atoms with Crippen molar-refractivity contribution in [3.8, 4) is 0 Å². The van der Waals surface area contributed by atoms with Crippen LogP contribution in [0.2, 0.25) is 0 Å². The summed E-state index contributed by atoms with van der Waals surface area (Å²) in [5.41, 5.74) is 2.21. The Morgan fingerprint density at radius 2 is 1.71 bits per heavy atom. The van der Waals surface area contributed by atoms with E-state index >= 15 is 0 Å². The number of thiocarbonyl (C=S) groups is 1. The molecule has 2 aliphatic rings. The van der Waals surface area contributed by atoms with E-state index in [0.717, 1.165) is 11.8 Å². The quantitative estimate of drug-likeness (QED) is 0.205. The Labute approximate surface area is 230 Å². The molecular weight excluding hydrogens is 526 g/mol. The molecule has 0 radical (unpaired) electrons. The van der Waals surface area contributed by atoms with Crippen molar-refractivity contribution in [2.24, 2.45) is 0 Å². The van der Waals surface area contributed by atoms with Crippen molar-refractivity contribution < 1.29 is 28.7 Å². The highest BCUT2D eigenvalue weighted by Gasteiger charge is 2.42. The Bertz CT molecular complexity index is 1310. The van der Waals surface area contributed by atoms with E-state index in [2.05, 4.69) is 5.32 Å². The Balaban J connectivity index is 1.51. The summed E-state index contributed by atoms with van der Waals surface area (Å²) in [7, 11) is 0. The van der Waals surface area contributed by atoms with Crippen LogP contribution < -0.4 is 10.2 Å². The Morgan fingerprint density at radius 1 is 0.974 bits per heavy atom. The van der Waals surface area contributed by atoms with Crippen LogP contribution in [0.1, 0.15) is 36.2 Å². The van der Waals surface area contributed by atoms with Gasteiger partial charge in [0.05, 0.1) is 28.3 Å². The number of nitrogens with one attached hydrogen (secondary N) is 1. The first-order valence-corrected chi connectivity index (χ1v) is 13.4. The molecule has 198 valence electrons. The van der Waals surface area contributed by atoms with Gasteiger partial charge in [-0.3, -0.25) is 24.2 Å². The number of thioether (sulfide) groups is 1. The summed E-state index contributed by atoms with van der Waals surface area (Å²) < 4.78 is 10.7. The molecule has 1 N–H and O–H groups in total. The number of nitrogens with zero attached hydrogens (tertiary/aromatic N) is 2. The van der Waals surface area contributed by atoms with Gasteiger partial charge in [0.1, 0.15) is 10.9 Å². The Kier molecular flexibility index (Phi) is 8.93. The van der Waals surface area contributed by atoms with E-state index in [-0.39, 0.29) is 29.5 Å². The minimum atomic E-state index is -0.447. The van der Waals surface area contributed by atoms with Gasteiger partial charge in [-0.1, -0.05) is 42.2 Å². The maximum Gasteiger partial charge on any atom is 0.338 e. The number of para-hydroxylation sites is 1. The van der Waals surface area contributed by atoms with Gasteiger partial charge in [-0.25, -0.2) is 4.79 Å². The molecule has 11 heteroatoms. The average molecular weight is 554 g/mol. The predicted molar refractivity (Wildman–Crippen MR) is 150 cm³/mol. The summed E-state index contributed by atoms with van der Waals surface area (Å²) >= 11 is 6.53. The fourth-order valence-electron chi connectivity index (χ4n) is 4.12. The van der Waals surface area contributed by atoms with Crippen LogP contribution in [0, 0.1) is 0 Å². The smallest absolute Gasteiger partial charge is 0.338 e. The maximum absolute atomic E-state index is 13.6. The van der Waals surface area contributed by atoms with Crippen LogP contribution in [0.25, 0.3) is 5.57 Å². The van der Waals surface area contributed by atoms with E-state index in [9.17, 15) is 19.2 Å². The summed E-state index contributed by atoms with van der Waals surface area (Å²) in [5, 5.41) is 2.75. The van der Waals surface area contributed by atoms with Gasteiger partial charge in [0.2, 0.25) is 5.91 Å². The second-order valence-electron chi connectivity index (χ2n) is 8.33. The van der Waals surface area contributed by atoms with Gasteiger partial charge in [0, 0.05) is 31.0 Å². The number of carbonyl (C=O) groups is 4. The molecule has 3 amide bonds. The van der Waals surface area contributed by atoms with Crippen LogP contribution in [0.15, 0.2) is 53.4 Å². The molecule has 38 heavy (non-hydrogen) atoms. The number of hydrogen-bond donors (Lipinski definition) is 1. The molecule has 0 atom stereocenters. The third kappa shape index (κ3) is 5.79. The van der Waals surface area contributed by atoms with Gasteiger partial charge in [0.15, 0.2) is 0 Å². The van der Waals surface area contributed by atoms with Crippen molar-refractivity contribution in [1.82, 2.24) is 4.90 Å². The largest absolute Gasteiger partial charge is 0.462 e. The second kappa shape index (κ2) is 12.3. The molecule has 0 spiro atoms. The van der Waals surface area contributed by atoms with Crippen LogP contribution in [0.4, 0.5) is 11.4 Å². The van der Waals surface area contributed by atoms with Gasteiger partial charge in [-0.05, 0) is 50.6 Å². The fourth-order valence-corrected chi connectivity index (χ4v) is 5.50. The predicted octanol–water partition coefficient (Wildman–Crippen LogP) is 3.85. The highest BCUT2D eigenvalue weighted by atomic mass is 32.2. The molecule has 2 heterocycles. The van der Waals surface area contributed by atoms with Gasteiger partial charge in [-0.2, -0.15) is 0 Å². The lowest BCUT2D eigenvalue weighted by Crippen LogP contribution is -2.35. The van der Waals surface area contributed by atoms with Crippen molar-refractivity contribution >= 4 is 68.9 Å². The lowest BCUT2D eigenvalue weighted by Gasteiger charge is -2.17. The average Bonchev–Trinajstić information content (AvgIpc) is 3.34. The molecule has 0 saturated carbocycles. The van der Waals surface area contributed by atoms with Crippen LogP contribution in [-0.4, -0.2) is 65.8 Å². The Morgan fingerprint density at radius 3 is 2.42 bits per heavy atom. The van der Waals surface area contributed by atoms with Crippen molar-refractivity contribution in [1.29, 1.82) is 0 Å². The van der Waals surface area contributed by atoms with Crippen molar-refractivity contribution in [3.05, 3.63) is 64.6 Å². The normalized spacial score (nSPS) is 16.7. The molecule has 0 unspecified atom stereocenters.